The van der Waals surface area contributed by atoms with E-state index < -0.39 is 5.60 Å². The van der Waals surface area contributed by atoms with Crippen molar-refractivity contribution >= 4 is 22.0 Å². The number of nitrogens with zero attached hydrogens (tertiary/aromatic N) is 1. The van der Waals surface area contributed by atoms with Crippen molar-refractivity contribution in [2.45, 2.75) is 52.1 Å². The molecule has 5 nitrogen and oxygen atoms in total. The number of carbonyl (C=O) groups excluding carboxylic acids is 1. The van der Waals surface area contributed by atoms with Gasteiger partial charge in [0.2, 0.25) is 0 Å². The molecule has 0 unspecified atom stereocenters. The SMILES string of the molecule is COC1=C(OC)CC=C(CCN(C)C(=O)OC(C)(C)C)C(CCc2ccc(Br)cc2)=C1. The molecule has 0 saturated carbocycles. The molecule has 2 rings (SSSR count). The van der Waals surface area contributed by atoms with Crippen LogP contribution in [0.4, 0.5) is 4.79 Å². The minimum absolute atomic E-state index is 0.310. The summed E-state index contributed by atoms with van der Waals surface area (Å²) >= 11 is 3.49. The third-order valence-corrected chi connectivity index (χ3v) is 5.54. The van der Waals surface area contributed by atoms with Gasteiger partial charge in [-0.15, -0.1) is 0 Å². The maximum atomic E-state index is 12.3. The van der Waals surface area contributed by atoms with Crippen LogP contribution in [0.3, 0.4) is 0 Å². The van der Waals surface area contributed by atoms with E-state index in [1.807, 2.05) is 20.8 Å². The molecule has 0 aliphatic heterocycles. The summed E-state index contributed by atoms with van der Waals surface area (Å²) in [6, 6.07) is 8.39. The Bertz CT molecular complexity index is 847. The fourth-order valence-electron chi connectivity index (χ4n) is 3.28. The first-order valence-corrected chi connectivity index (χ1v) is 11.3. The second kappa shape index (κ2) is 11.4. The maximum Gasteiger partial charge on any atom is 0.410 e. The number of benzene rings is 1. The van der Waals surface area contributed by atoms with Crippen LogP contribution in [0.1, 0.15) is 45.6 Å². The largest absolute Gasteiger partial charge is 0.497 e. The molecule has 1 aliphatic carbocycles. The molecule has 1 aliphatic rings. The number of carbonyl (C=O) groups is 1. The topological polar surface area (TPSA) is 48.0 Å². The number of halogens is 1. The number of allylic oxidation sites excluding steroid dienone is 3. The van der Waals surface area contributed by atoms with Gasteiger partial charge in [0.1, 0.15) is 11.4 Å². The average Bonchev–Trinajstić information content (AvgIpc) is 2.88. The van der Waals surface area contributed by atoms with Crippen molar-refractivity contribution < 1.29 is 19.0 Å². The van der Waals surface area contributed by atoms with Gasteiger partial charge in [-0.05, 0) is 75.0 Å². The van der Waals surface area contributed by atoms with Crippen molar-refractivity contribution in [3.63, 3.8) is 0 Å². The van der Waals surface area contributed by atoms with E-state index in [-0.39, 0.29) is 6.09 Å². The fourth-order valence-corrected chi connectivity index (χ4v) is 3.54. The van der Waals surface area contributed by atoms with Crippen molar-refractivity contribution in [1.82, 2.24) is 4.90 Å². The van der Waals surface area contributed by atoms with Gasteiger partial charge >= 0.3 is 6.09 Å². The lowest BCUT2D eigenvalue weighted by atomic mass is 9.95. The third-order valence-electron chi connectivity index (χ3n) is 5.01. The quantitative estimate of drug-likeness (QED) is 0.422. The number of amides is 1. The Morgan fingerprint density at radius 3 is 2.29 bits per heavy atom. The lowest BCUT2D eigenvalue weighted by Gasteiger charge is -2.25. The number of rotatable bonds is 8. The molecule has 0 aromatic heterocycles. The number of methoxy groups -OCH3 is 2. The zero-order valence-electron chi connectivity index (χ0n) is 19.5. The van der Waals surface area contributed by atoms with Gasteiger partial charge in [-0.25, -0.2) is 4.79 Å². The van der Waals surface area contributed by atoms with Crippen molar-refractivity contribution in [2.75, 3.05) is 27.8 Å². The van der Waals surface area contributed by atoms with Crippen molar-refractivity contribution in [1.29, 1.82) is 0 Å². The second-order valence-corrected chi connectivity index (χ2v) is 9.49. The van der Waals surface area contributed by atoms with Crippen LogP contribution in [0, 0.1) is 0 Å². The summed E-state index contributed by atoms with van der Waals surface area (Å²) in [4.78, 5) is 14.0. The maximum absolute atomic E-state index is 12.3. The molecule has 0 heterocycles. The summed E-state index contributed by atoms with van der Waals surface area (Å²) < 4.78 is 17.7. The molecule has 31 heavy (non-hydrogen) atoms. The van der Waals surface area contributed by atoms with Crippen LogP contribution < -0.4 is 0 Å². The van der Waals surface area contributed by atoms with Crippen molar-refractivity contribution in [3.05, 3.63) is 69.1 Å². The Kier molecular flexibility index (Phi) is 9.23. The third kappa shape index (κ3) is 8.09. The number of hydrogen-bond donors (Lipinski definition) is 0. The smallest absolute Gasteiger partial charge is 0.410 e. The molecule has 0 radical (unpaired) electrons. The summed E-state index contributed by atoms with van der Waals surface area (Å²) in [5.41, 5.74) is 3.17. The molecule has 0 fully saturated rings. The predicted molar refractivity (Wildman–Crippen MR) is 128 cm³/mol. The van der Waals surface area contributed by atoms with Crippen LogP contribution in [-0.4, -0.2) is 44.4 Å². The minimum atomic E-state index is -0.507. The molecule has 170 valence electrons. The molecule has 0 bridgehead atoms. The van der Waals surface area contributed by atoms with Crippen LogP contribution in [-0.2, 0) is 20.6 Å². The summed E-state index contributed by atoms with van der Waals surface area (Å²) in [5, 5.41) is 0. The van der Waals surface area contributed by atoms with E-state index in [0.29, 0.717) is 13.0 Å². The van der Waals surface area contributed by atoms with Crippen molar-refractivity contribution in [2.24, 2.45) is 0 Å². The van der Waals surface area contributed by atoms with Gasteiger partial charge < -0.3 is 19.1 Å². The van der Waals surface area contributed by atoms with E-state index in [1.54, 1.807) is 26.2 Å². The van der Waals surface area contributed by atoms with Gasteiger partial charge in [0.25, 0.3) is 0 Å². The minimum Gasteiger partial charge on any atom is -0.497 e. The Morgan fingerprint density at radius 1 is 1.03 bits per heavy atom. The van der Waals surface area contributed by atoms with Gasteiger partial charge in [-0.2, -0.15) is 0 Å². The van der Waals surface area contributed by atoms with Gasteiger partial charge in [0.15, 0.2) is 5.76 Å². The monoisotopic (exact) mass is 491 g/mol. The van der Waals surface area contributed by atoms with Crippen LogP contribution in [0.25, 0.3) is 0 Å². The average molecular weight is 492 g/mol. The summed E-state index contributed by atoms with van der Waals surface area (Å²) in [6.07, 6.45) is 7.12. The Balaban J connectivity index is 2.15. The Morgan fingerprint density at radius 2 is 1.71 bits per heavy atom. The van der Waals surface area contributed by atoms with E-state index in [1.165, 1.54) is 16.7 Å². The highest BCUT2D eigenvalue weighted by molar-refractivity contribution is 9.10. The van der Waals surface area contributed by atoms with E-state index in [9.17, 15) is 4.79 Å². The molecular formula is C25H34BrNO4. The van der Waals surface area contributed by atoms with Crippen LogP contribution in [0.15, 0.2) is 63.6 Å². The first-order chi connectivity index (χ1) is 14.6. The van der Waals surface area contributed by atoms with E-state index in [0.717, 1.165) is 35.3 Å². The first kappa shape index (κ1) is 25.1. The van der Waals surface area contributed by atoms with Gasteiger partial charge in [-0.3, -0.25) is 0 Å². The number of ether oxygens (including phenoxy) is 3. The lowest BCUT2D eigenvalue weighted by molar-refractivity contribution is 0.0301. The highest BCUT2D eigenvalue weighted by atomic mass is 79.9. The highest BCUT2D eigenvalue weighted by Gasteiger charge is 2.21. The second-order valence-electron chi connectivity index (χ2n) is 8.58. The van der Waals surface area contributed by atoms with Gasteiger partial charge in [0.05, 0.1) is 14.2 Å². The molecular weight excluding hydrogens is 458 g/mol. The summed E-state index contributed by atoms with van der Waals surface area (Å²) in [5.74, 6) is 1.55. The summed E-state index contributed by atoms with van der Waals surface area (Å²) in [7, 11) is 5.10. The molecule has 1 amide bonds. The molecule has 1 aromatic carbocycles. The Labute approximate surface area is 194 Å². The normalized spacial score (nSPS) is 14.4. The molecule has 0 saturated heterocycles. The zero-order chi connectivity index (χ0) is 23.0. The predicted octanol–water partition coefficient (Wildman–Crippen LogP) is 6.40. The summed E-state index contributed by atoms with van der Waals surface area (Å²) in [6.45, 7) is 6.19. The van der Waals surface area contributed by atoms with Crippen LogP contribution >= 0.6 is 15.9 Å². The molecule has 6 heteroatoms. The van der Waals surface area contributed by atoms with Crippen molar-refractivity contribution in [3.8, 4) is 0 Å². The van der Waals surface area contributed by atoms with Gasteiger partial charge in [0, 0.05) is 24.5 Å². The Hall–Kier alpha value is -2.21. The zero-order valence-corrected chi connectivity index (χ0v) is 21.0. The van der Waals surface area contributed by atoms with Gasteiger partial charge in [-0.1, -0.05) is 34.1 Å². The molecule has 0 spiro atoms. The van der Waals surface area contributed by atoms with Crippen LogP contribution in [0.5, 0.6) is 0 Å². The highest BCUT2D eigenvalue weighted by Crippen LogP contribution is 2.29. The standard InChI is InChI=1S/C25H34BrNO4/c1-25(2,3)31-24(28)27(4)16-15-19-11-14-22(29-5)23(30-6)17-20(19)10-7-18-8-12-21(26)13-9-18/h8-9,11-13,17H,7,10,14-16H2,1-6H3. The van der Waals surface area contributed by atoms with E-state index in [4.69, 9.17) is 14.2 Å². The molecule has 1 aromatic rings. The first-order valence-electron chi connectivity index (χ1n) is 10.5. The van der Waals surface area contributed by atoms with Crippen LogP contribution in [0.2, 0.25) is 0 Å². The van der Waals surface area contributed by atoms with E-state index in [2.05, 4.69) is 52.3 Å². The molecule has 0 atom stereocenters. The molecule has 0 N–H and O–H groups in total. The number of hydrogen-bond acceptors (Lipinski definition) is 4. The fraction of sp³-hybridized carbons (Fsp3) is 0.480. The van der Waals surface area contributed by atoms with E-state index >= 15 is 0 Å². The number of aryl methyl sites for hydroxylation is 1. The lowest BCUT2D eigenvalue weighted by Crippen LogP contribution is -2.34.